The second-order valence-corrected chi connectivity index (χ2v) is 4.90. The van der Waals surface area contributed by atoms with Crippen LogP contribution in [0.4, 0.5) is 4.39 Å². The lowest BCUT2D eigenvalue weighted by atomic mass is 10.1. The van der Waals surface area contributed by atoms with Crippen LogP contribution in [0.5, 0.6) is 0 Å². The van der Waals surface area contributed by atoms with Crippen molar-refractivity contribution in [3.05, 3.63) is 41.7 Å². The Morgan fingerprint density at radius 1 is 1.58 bits per heavy atom. The van der Waals surface area contributed by atoms with Gasteiger partial charge in [0.25, 0.3) is 0 Å². The van der Waals surface area contributed by atoms with E-state index < -0.39 is 0 Å². The number of nitrogens with zero attached hydrogens (tertiary/aromatic N) is 1. The zero-order valence-electron chi connectivity index (χ0n) is 11.1. The van der Waals surface area contributed by atoms with Gasteiger partial charge in [-0.25, -0.2) is 4.39 Å². The predicted molar refractivity (Wildman–Crippen MR) is 73.8 cm³/mol. The maximum atomic E-state index is 13.1. The first-order valence-electron chi connectivity index (χ1n) is 6.56. The highest BCUT2D eigenvalue weighted by Gasteiger charge is 2.26. The van der Waals surface area contributed by atoms with E-state index in [0.717, 1.165) is 30.5 Å². The first kappa shape index (κ1) is 13.7. The van der Waals surface area contributed by atoms with E-state index in [2.05, 4.69) is 0 Å². The van der Waals surface area contributed by atoms with Crippen LogP contribution in [0.25, 0.3) is 5.57 Å². The van der Waals surface area contributed by atoms with E-state index in [4.69, 9.17) is 5.73 Å². The van der Waals surface area contributed by atoms with Gasteiger partial charge in [0.05, 0.1) is 0 Å². The number of hydrogen-bond acceptors (Lipinski definition) is 2. The molecule has 1 atom stereocenters. The number of likely N-dealkylation sites (tertiary alicyclic amines) is 1. The Kier molecular flexibility index (Phi) is 4.32. The van der Waals surface area contributed by atoms with Crippen LogP contribution in [0, 0.1) is 5.82 Å². The summed E-state index contributed by atoms with van der Waals surface area (Å²) in [4.78, 5) is 14.0. The van der Waals surface area contributed by atoms with Gasteiger partial charge < -0.3 is 10.6 Å². The minimum absolute atomic E-state index is 0.0327. The summed E-state index contributed by atoms with van der Waals surface area (Å²) in [7, 11) is 0. The van der Waals surface area contributed by atoms with Crippen LogP contribution >= 0.6 is 0 Å². The quantitative estimate of drug-likeness (QED) is 0.849. The molecule has 0 bridgehead atoms. The van der Waals surface area contributed by atoms with Crippen molar-refractivity contribution in [3.8, 4) is 0 Å². The molecule has 1 fully saturated rings. The van der Waals surface area contributed by atoms with Crippen molar-refractivity contribution in [2.24, 2.45) is 5.73 Å². The van der Waals surface area contributed by atoms with Crippen molar-refractivity contribution in [2.45, 2.75) is 25.8 Å². The number of allylic oxidation sites excluding steroid dienone is 1. The molecule has 1 saturated heterocycles. The molecule has 1 aliphatic heterocycles. The van der Waals surface area contributed by atoms with Crippen LogP contribution in [0.15, 0.2) is 30.3 Å². The van der Waals surface area contributed by atoms with E-state index in [-0.39, 0.29) is 17.8 Å². The number of benzene rings is 1. The van der Waals surface area contributed by atoms with Gasteiger partial charge in [-0.3, -0.25) is 4.79 Å². The van der Waals surface area contributed by atoms with Gasteiger partial charge in [-0.1, -0.05) is 12.1 Å². The summed E-state index contributed by atoms with van der Waals surface area (Å²) in [5.74, 6) is -0.326. The van der Waals surface area contributed by atoms with E-state index in [1.807, 2.05) is 11.8 Å². The summed E-state index contributed by atoms with van der Waals surface area (Å²) < 4.78 is 13.1. The topological polar surface area (TPSA) is 46.3 Å². The maximum Gasteiger partial charge on any atom is 0.247 e. The fraction of sp³-hybridized carbons (Fsp3) is 0.400. The molecule has 3 nitrogen and oxygen atoms in total. The van der Waals surface area contributed by atoms with Gasteiger partial charge in [-0.05, 0) is 43.0 Å². The molecule has 1 amide bonds. The number of carbonyl (C=O) groups excluding carboxylic acids is 1. The summed E-state index contributed by atoms with van der Waals surface area (Å²) in [5, 5.41) is 0. The zero-order valence-corrected chi connectivity index (χ0v) is 11.1. The number of rotatable bonds is 3. The fourth-order valence-corrected chi connectivity index (χ4v) is 2.46. The highest BCUT2D eigenvalue weighted by molar-refractivity contribution is 5.95. The number of halogens is 1. The fourth-order valence-electron chi connectivity index (χ4n) is 2.46. The highest BCUT2D eigenvalue weighted by Crippen LogP contribution is 2.19. The van der Waals surface area contributed by atoms with Gasteiger partial charge >= 0.3 is 0 Å². The lowest BCUT2D eigenvalue weighted by molar-refractivity contribution is -0.126. The van der Waals surface area contributed by atoms with Crippen molar-refractivity contribution < 1.29 is 9.18 Å². The van der Waals surface area contributed by atoms with Crippen LogP contribution in [-0.4, -0.2) is 29.9 Å². The van der Waals surface area contributed by atoms with Gasteiger partial charge in [0.1, 0.15) is 5.82 Å². The standard InChI is InChI=1S/C15H19FN2O/c1-11(12-4-2-5-13(16)9-12)8-15(19)18-7-3-6-14(18)10-17/h2,4-5,8-9,14H,3,6-7,10,17H2,1H3. The second kappa shape index (κ2) is 5.97. The average Bonchev–Trinajstić information content (AvgIpc) is 2.87. The molecule has 0 radical (unpaired) electrons. The molecule has 0 aliphatic carbocycles. The summed E-state index contributed by atoms with van der Waals surface area (Å²) in [6, 6.07) is 6.41. The largest absolute Gasteiger partial charge is 0.335 e. The summed E-state index contributed by atoms with van der Waals surface area (Å²) in [6.07, 6.45) is 3.54. The molecule has 0 spiro atoms. The van der Waals surface area contributed by atoms with Crippen molar-refractivity contribution in [2.75, 3.05) is 13.1 Å². The van der Waals surface area contributed by atoms with E-state index in [0.29, 0.717) is 6.54 Å². The minimum atomic E-state index is -0.293. The number of hydrogen-bond donors (Lipinski definition) is 1. The summed E-state index contributed by atoms with van der Waals surface area (Å²) in [6.45, 7) is 3.08. The molecule has 1 aliphatic rings. The lowest BCUT2D eigenvalue weighted by Crippen LogP contribution is -2.39. The molecule has 0 aromatic heterocycles. The van der Waals surface area contributed by atoms with Crippen LogP contribution < -0.4 is 5.73 Å². The van der Waals surface area contributed by atoms with Crippen molar-refractivity contribution >= 4 is 11.5 Å². The number of amides is 1. The molecule has 1 unspecified atom stereocenters. The van der Waals surface area contributed by atoms with E-state index in [1.165, 1.54) is 12.1 Å². The normalized spacial score (nSPS) is 19.8. The average molecular weight is 262 g/mol. The molecule has 19 heavy (non-hydrogen) atoms. The maximum absolute atomic E-state index is 13.1. The van der Waals surface area contributed by atoms with E-state index in [1.54, 1.807) is 18.2 Å². The Hall–Kier alpha value is -1.68. The third-order valence-corrected chi connectivity index (χ3v) is 3.55. The van der Waals surface area contributed by atoms with Gasteiger partial charge in [0.15, 0.2) is 0 Å². The molecular formula is C15H19FN2O. The SMILES string of the molecule is CC(=CC(=O)N1CCCC1CN)c1cccc(F)c1. The van der Waals surface area contributed by atoms with Crippen molar-refractivity contribution in [1.29, 1.82) is 0 Å². The van der Waals surface area contributed by atoms with Crippen molar-refractivity contribution in [1.82, 2.24) is 4.90 Å². The number of carbonyl (C=O) groups is 1. The predicted octanol–water partition coefficient (Wildman–Crippen LogP) is 2.18. The van der Waals surface area contributed by atoms with E-state index >= 15 is 0 Å². The van der Waals surface area contributed by atoms with Gasteiger partial charge in [0, 0.05) is 25.2 Å². The lowest BCUT2D eigenvalue weighted by Gasteiger charge is -2.22. The molecule has 2 rings (SSSR count). The molecule has 1 heterocycles. The van der Waals surface area contributed by atoms with Crippen LogP contribution in [0.1, 0.15) is 25.3 Å². The third kappa shape index (κ3) is 3.20. The first-order chi connectivity index (χ1) is 9.11. The highest BCUT2D eigenvalue weighted by atomic mass is 19.1. The Bertz CT molecular complexity index is 499. The molecule has 1 aromatic rings. The minimum Gasteiger partial charge on any atom is -0.335 e. The Morgan fingerprint density at radius 2 is 2.37 bits per heavy atom. The van der Waals surface area contributed by atoms with Crippen molar-refractivity contribution in [3.63, 3.8) is 0 Å². The molecule has 0 saturated carbocycles. The molecule has 4 heteroatoms. The van der Waals surface area contributed by atoms with Crippen LogP contribution in [0.2, 0.25) is 0 Å². The van der Waals surface area contributed by atoms with Gasteiger partial charge in [-0.15, -0.1) is 0 Å². The van der Waals surface area contributed by atoms with Gasteiger partial charge in [-0.2, -0.15) is 0 Å². The molecular weight excluding hydrogens is 243 g/mol. The molecule has 102 valence electrons. The van der Waals surface area contributed by atoms with Gasteiger partial charge in [0.2, 0.25) is 5.91 Å². The summed E-state index contributed by atoms with van der Waals surface area (Å²) in [5.41, 5.74) is 7.16. The smallest absolute Gasteiger partial charge is 0.247 e. The summed E-state index contributed by atoms with van der Waals surface area (Å²) >= 11 is 0. The first-order valence-corrected chi connectivity index (χ1v) is 6.56. The Balaban J connectivity index is 2.14. The Morgan fingerprint density at radius 3 is 3.05 bits per heavy atom. The molecule has 1 aromatic carbocycles. The number of nitrogens with two attached hydrogens (primary N) is 1. The van der Waals surface area contributed by atoms with Crippen LogP contribution in [0.3, 0.4) is 0 Å². The monoisotopic (exact) mass is 262 g/mol. The third-order valence-electron chi connectivity index (χ3n) is 3.55. The zero-order chi connectivity index (χ0) is 13.8. The second-order valence-electron chi connectivity index (χ2n) is 4.90. The van der Waals surface area contributed by atoms with Crippen LogP contribution in [-0.2, 0) is 4.79 Å². The van der Waals surface area contributed by atoms with E-state index in [9.17, 15) is 9.18 Å². The Labute approximate surface area is 112 Å². The molecule has 2 N–H and O–H groups in total.